The number of nitrogens with zero attached hydrogens (tertiary/aromatic N) is 1. The molecule has 4 heteroatoms. The molecule has 0 aromatic heterocycles. The molecule has 3 saturated carbocycles. The van der Waals surface area contributed by atoms with Crippen molar-refractivity contribution in [3.8, 4) is 5.75 Å². The lowest BCUT2D eigenvalue weighted by Gasteiger charge is -2.72. The topological polar surface area (TPSA) is 29.5 Å². The van der Waals surface area contributed by atoms with Crippen LogP contribution in [0, 0.1) is 10.8 Å². The van der Waals surface area contributed by atoms with E-state index in [-0.39, 0.29) is 19.3 Å². The number of piperidine rings is 1. The van der Waals surface area contributed by atoms with Gasteiger partial charge >= 0.3 is 0 Å². The maximum atomic E-state index is 11.8. The van der Waals surface area contributed by atoms with Gasteiger partial charge in [-0.3, -0.25) is 9.46 Å². The zero-order valence-electron chi connectivity index (χ0n) is 15.2. The van der Waals surface area contributed by atoms with Crippen LogP contribution < -0.4 is 10.0 Å². The summed E-state index contributed by atoms with van der Waals surface area (Å²) in [7, 11) is 0.105. The van der Waals surface area contributed by atoms with E-state index < -0.39 is 0 Å². The van der Waals surface area contributed by atoms with Crippen molar-refractivity contribution >= 4 is 13.8 Å². The summed E-state index contributed by atoms with van der Waals surface area (Å²) >= 11 is 0. The number of rotatable bonds is 2. The standard InChI is InChI=1S/C21H26NO2P/c1-3-22-11-10-21-16-13-4-5-14(25-23)17(16)24-18(21)19(2)6-8-20(21,9-7-19)15(22)12-13/h4-5,15,18H,3,6-12H2,1-2H3/t15-,18+,19?,20?,21+/m1/s1. The van der Waals surface area contributed by atoms with Gasteiger partial charge < -0.3 is 4.74 Å². The van der Waals surface area contributed by atoms with E-state index in [4.69, 9.17) is 4.74 Å². The summed E-state index contributed by atoms with van der Waals surface area (Å²) in [5.74, 6) is 1.00. The molecular weight excluding hydrogens is 329 g/mol. The minimum Gasteiger partial charge on any atom is -0.487 e. The van der Waals surface area contributed by atoms with Gasteiger partial charge in [-0.25, -0.2) is 0 Å². The first kappa shape index (κ1) is 15.2. The summed E-state index contributed by atoms with van der Waals surface area (Å²) in [5, 5.41) is 0.872. The van der Waals surface area contributed by atoms with Gasteiger partial charge in [-0.05, 0) is 68.7 Å². The van der Waals surface area contributed by atoms with Crippen molar-refractivity contribution in [3.63, 3.8) is 0 Å². The van der Waals surface area contributed by atoms with Crippen LogP contribution >= 0.6 is 8.46 Å². The van der Waals surface area contributed by atoms with Crippen molar-refractivity contribution in [2.75, 3.05) is 13.1 Å². The Morgan fingerprint density at radius 1 is 1.24 bits per heavy atom. The van der Waals surface area contributed by atoms with E-state index in [1.54, 1.807) is 0 Å². The smallest absolute Gasteiger partial charge is 0.196 e. The van der Waals surface area contributed by atoms with E-state index in [0.29, 0.717) is 17.6 Å². The molecule has 3 nitrogen and oxygen atoms in total. The molecule has 2 spiro atoms. The summed E-state index contributed by atoms with van der Waals surface area (Å²) in [6.07, 6.45) is 7.95. The predicted molar refractivity (Wildman–Crippen MR) is 98.1 cm³/mol. The second kappa shape index (κ2) is 4.49. The molecule has 3 atom stereocenters. The zero-order chi connectivity index (χ0) is 17.0. The molecule has 7 rings (SSSR count). The second-order valence-electron chi connectivity index (χ2n) is 9.42. The molecule has 4 fully saturated rings. The fourth-order valence-corrected chi connectivity index (χ4v) is 8.29. The lowest BCUT2D eigenvalue weighted by molar-refractivity contribution is -0.208. The zero-order valence-corrected chi connectivity index (χ0v) is 16.1. The third-order valence-electron chi connectivity index (χ3n) is 8.95. The van der Waals surface area contributed by atoms with Gasteiger partial charge in [-0.1, -0.05) is 19.9 Å². The molecule has 4 aliphatic carbocycles. The van der Waals surface area contributed by atoms with Crippen LogP contribution in [0.3, 0.4) is 0 Å². The highest BCUT2D eigenvalue weighted by Gasteiger charge is 2.76. The molecule has 1 saturated heterocycles. The summed E-state index contributed by atoms with van der Waals surface area (Å²) < 4.78 is 18.6. The lowest BCUT2D eigenvalue weighted by Crippen LogP contribution is -2.76. The minimum atomic E-state index is 0.105. The van der Waals surface area contributed by atoms with E-state index in [1.165, 1.54) is 49.8 Å². The largest absolute Gasteiger partial charge is 0.487 e. The third kappa shape index (κ3) is 1.42. The minimum absolute atomic E-state index is 0.105. The molecular formula is C21H26NO2P. The third-order valence-corrected chi connectivity index (χ3v) is 9.50. The Hall–Kier alpha value is -0.920. The van der Waals surface area contributed by atoms with Gasteiger partial charge in [-0.15, -0.1) is 0 Å². The Bertz CT molecular complexity index is 797. The van der Waals surface area contributed by atoms with Crippen molar-refractivity contribution < 1.29 is 9.30 Å². The van der Waals surface area contributed by atoms with Crippen molar-refractivity contribution in [1.82, 2.24) is 4.90 Å². The van der Waals surface area contributed by atoms with Crippen LogP contribution in [0.2, 0.25) is 0 Å². The van der Waals surface area contributed by atoms with Gasteiger partial charge in [0.1, 0.15) is 11.9 Å². The van der Waals surface area contributed by atoms with Crippen molar-refractivity contribution in [2.24, 2.45) is 10.8 Å². The van der Waals surface area contributed by atoms with E-state index in [2.05, 4.69) is 24.8 Å². The van der Waals surface area contributed by atoms with Gasteiger partial charge in [0.15, 0.2) is 8.46 Å². The average Bonchev–Trinajstić information content (AvgIpc) is 2.99. The number of likely N-dealkylation sites (N-methyl/N-ethyl adjacent to an activating group) is 1. The Labute approximate surface area is 151 Å². The fraction of sp³-hybridized carbons (Fsp3) is 0.714. The highest BCUT2D eigenvalue weighted by atomic mass is 31.1. The number of fused-ring (bicyclic) bond motifs is 2. The molecule has 0 radical (unpaired) electrons. The molecule has 0 N–H and O–H groups in total. The predicted octanol–water partition coefficient (Wildman–Crippen LogP) is 3.83. The fourth-order valence-electron chi connectivity index (χ4n) is 7.91. The van der Waals surface area contributed by atoms with Crippen molar-refractivity contribution in [2.45, 2.75) is 69.9 Å². The Kier molecular flexibility index (Phi) is 2.72. The summed E-state index contributed by atoms with van der Waals surface area (Å²) in [4.78, 5) is 2.76. The SMILES string of the molecule is CCN1CC[C@]23c4c5ccc(P=O)c4O[C@H]2C2(C)CCC3(CC2)[C@H]1C5. The quantitative estimate of drug-likeness (QED) is 0.755. The number of benzene rings is 1. The molecule has 2 aliphatic heterocycles. The first-order valence-electron chi connectivity index (χ1n) is 10.0. The second-order valence-corrected chi connectivity index (χ2v) is 10.1. The molecule has 0 unspecified atom stereocenters. The Morgan fingerprint density at radius 2 is 2.04 bits per heavy atom. The first-order chi connectivity index (χ1) is 12.1. The molecule has 0 amide bonds. The van der Waals surface area contributed by atoms with Crippen LogP contribution in [0.1, 0.15) is 57.1 Å². The normalized spacial score (nSPS) is 46.2. The van der Waals surface area contributed by atoms with E-state index in [9.17, 15) is 4.57 Å². The lowest BCUT2D eigenvalue weighted by atomic mass is 9.35. The van der Waals surface area contributed by atoms with Crippen LogP contribution in [0.5, 0.6) is 5.75 Å². The molecule has 1 aromatic carbocycles. The first-order valence-corrected chi connectivity index (χ1v) is 10.8. The maximum Gasteiger partial charge on any atom is 0.196 e. The molecule has 25 heavy (non-hydrogen) atoms. The van der Waals surface area contributed by atoms with Gasteiger partial charge in [0.05, 0.1) is 5.30 Å². The summed E-state index contributed by atoms with van der Waals surface area (Å²) in [6.45, 7) is 7.14. The molecule has 132 valence electrons. The summed E-state index contributed by atoms with van der Waals surface area (Å²) in [6, 6.07) is 4.97. The number of hydrogen-bond donors (Lipinski definition) is 0. The van der Waals surface area contributed by atoms with Crippen LogP contribution in [0.4, 0.5) is 0 Å². The molecule has 6 aliphatic rings. The molecule has 2 heterocycles. The maximum absolute atomic E-state index is 11.8. The van der Waals surface area contributed by atoms with Gasteiger partial charge in [-0.2, -0.15) is 0 Å². The number of likely N-dealkylation sites (tertiary alicyclic amines) is 1. The Balaban J connectivity index is 1.70. The monoisotopic (exact) mass is 355 g/mol. The van der Waals surface area contributed by atoms with E-state index in [0.717, 1.165) is 24.0 Å². The van der Waals surface area contributed by atoms with Crippen LogP contribution in [-0.2, 0) is 16.4 Å². The highest BCUT2D eigenvalue weighted by Crippen LogP contribution is 2.76. The van der Waals surface area contributed by atoms with Gasteiger partial charge in [0.2, 0.25) is 0 Å². The van der Waals surface area contributed by atoms with Crippen molar-refractivity contribution in [3.05, 3.63) is 23.3 Å². The van der Waals surface area contributed by atoms with E-state index >= 15 is 0 Å². The van der Waals surface area contributed by atoms with Gasteiger partial charge in [0, 0.05) is 22.4 Å². The van der Waals surface area contributed by atoms with Crippen LogP contribution in [0.15, 0.2) is 12.1 Å². The number of ether oxygens (including phenoxy) is 1. The highest BCUT2D eigenvalue weighted by molar-refractivity contribution is 7.34. The van der Waals surface area contributed by atoms with Crippen LogP contribution in [0.25, 0.3) is 0 Å². The van der Waals surface area contributed by atoms with Crippen LogP contribution in [-0.4, -0.2) is 30.1 Å². The van der Waals surface area contributed by atoms with Crippen molar-refractivity contribution in [1.29, 1.82) is 0 Å². The average molecular weight is 355 g/mol. The molecule has 4 bridgehead atoms. The molecule has 1 aromatic rings. The summed E-state index contributed by atoms with van der Waals surface area (Å²) in [5.41, 5.74) is 3.80. The van der Waals surface area contributed by atoms with Gasteiger partial charge in [0.25, 0.3) is 0 Å². The number of hydrogen-bond acceptors (Lipinski definition) is 3. The Morgan fingerprint density at radius 3 is 2.76 bits per heavy atom. The van der Waals surface area contributed by atoms with E-state index in [1.807, 2.05) is 6.07 Å².